The molecule has 1 aliphatic rings. The van der Waals surface area contributed by atoms with Crippen molar-refractivity contribution in [3.8, 4) is 0 Å². The van der Waals surface area contributed by atoms with Gasteiger partial charge in [0.1, 0.15) is 11.8 Å². The van der Waals surface area contributed by atoms with Crippen LogP contribution in [0.1, 0.15) is 12.2 Å². The number of nitrogens with zero attached hydrogens (tertiary/aromatic N) is 2. The van der Waals surface area contributed by atoms with E-state index in [0.717, 1.165) is 0 Å². The lowest BCUT2D eigenvalue weighted by molar-refractivity contribution is -0.150. The van der Waals surface area contributed by atoms with Gasteiger partial charge in [0.2, 0.25) is 5.91 Å². The Balaban J connectivity index is 1.81. The van der Waals surface area contributed by atoms with Crippen LogP contribution in [-0.4, -0.2) is 59.4 Å². The summed E-state index contributed by atoms with van der Waals surface area (Å²) in [6.07, 6.45) is 0.190. The van der Waals surface area contributed by atoms with Crippen molar-refractivity contribution in [1.29, 1.82) is 0 Å². The van der Waals surface area contributed by atoms with Gasteiger partial charge in [-0.2, -0.15) is 0 Å². The minimum atomic E-state index is -0.933. The van der Waals surface area contributed by atoms with Crippen molar-refractivity contribution in [2.45, 2.75) is 19.4 Å². The molecule has 2 rings (SSSR count). The Morgan fingerprint density at radius 2 is 2.40 bits per heavy atom. The summed E-state index contributed by atoms with van der Waals surface area (Å²) in [7, 11) is 0. The van der Waals surface area contributed by atoms with Gasteiger partial charge in [-0.25, -0.2) is 0 Å². The number of carbonyl (C=O) groups is 2. The molecule has 1 fully saturated rings. The summed E-state index contributed by atoms with van der Waals surface area (Å²) in [5.41, 5.74) is 0. The van der Waals surface area contributed by atoms with Gasteiger partial charge >= 0.3 is 5.97 Å². The maximum Gasteiger partial charge on any atom is 0.323 e. The second-order valence-corrected chi connectivity index (χ2v) is 4.59. The number of aliphatic carboxylic acids is 1. The second kappa shape index (κ2) is 6.49. The Kier molecular flexibility index (Phi) is 4.70. The molecule has 1 unspecified atom stereocenters. The van der Waals surface area contributed by atoms with Crippen LogP contribution in [0.15, 0.2) is 10.6 Å². The lowest BCUT2D eigenvalue weighted by atomic mass is 10.2. The number of hydrogen-bond acceptors (Lipinski definition) is 6. The molecular weight excluding hydrogens is 266 g/mol. The fraction of sp³-hybridized carbons (Fsp3) is 0.583. The first-order valence-electron chi connectivity index (χ1n) is 6.34. The number of hydrogen-bond donors (Lipinski definition) is 2. The Labute approximate surface area is 115 Å². The molecule has 1 aliphatic heterocycles. The molecule has 0 radical (unpaired) electrons. The van der Waals surface area contributed by atoms with Crippen LogP contribution in [0.3, 0.4) is 0 Å². The summed E-state index contributed by atoms with van der Waals surface area (Å²) in [6.45, 7) is 3.23. The first kappa shape index (κ1) is 14.5. The number of rotatable bonds is 5. The first-order chi connectivity index (χ1) is 9.56. The summed E-state index contributed by atoms with van der Waals surface area (Å²) in [5, 5.41) is 15.3. The molecule has 2 N–H and O–H groups in total. The van der Waals surface area contributed by atoms with Crippen LogP contribution in [0.25, 0.3) is 0 Å². The quantitative estimate of drug-likeness (QED) is 0.789. The second-order valence-electron chi connectivity index (χ2n) is 4.59. The van der Waals surface area contributed by atoms with E-state index in [4.69, 9.17) is 14.4 Å². The third kappa shape index (κ3) is 3.78. The van der Waals surface area contributed by atoms with Crippen LogP contribution >= 0.6 is 0 Å². The average Bonchev–Trinajstić information content (AvgIpc) is 2.82. The molecule has 0 saturated carbocycles. The third-order valence-corrected chi connectivity index (χ3v) is 3.05. The molecular formula is C12H17N3O5. The van der Waals surface area contributed by atoms with Crippen molar-refractivity contribution < 1.29 is 24.0 Å². The number of morpholine rings is 1. The molecule has 110 valence electrons. The van der Waals surface area contributed by atoms with Gasteiger partial charge in [-0.15, -0.1) is 0 Å². The van der Waals surface area contributed by atoms with Crippen molar-refractivity contribution in [2.75, 3.05) is 31.6 Å². The molecule has 1 atom stereocenters. The molecule has 8 nitrogen and oxygen atoms in total. The van der Waals surface area contributed by atoms with E-state index in [1.165, 1.54) is 0 Å². The van der Waals surface area contributed by atoms with Gasteiger partial charge in [0.15, 0.2) is 5.82 Å². The van der Waals surface area contributed by atoms with E-state index in [0.29, 0.717) is 31.3 Å². The smallest absolute Gasteiger partial charge is 0.323 e. The fourth-order valence-electron chi connectivity index (χ4n) is 2.01. The van der Waals surface area contributed by atoms with Crippen molar-refractivity contribution in [3.05, 3.63) is 11.8 Å². The molecule has 1 aromatic heterocycles. The summed E-state index contributed by atoms with van der Waals surface area (Å²) < 4.78 is 9.97. The molecule has 1 aromatic rings. The number of aryl methyl sites for hydroxylation is 1. The van der Waals surface area contributed by atoms with Crippen LogP contribution in [0, 0.1) is 6.92 Å². The van der Waals surface area contributed by atoms with Gasteiger partial charge in [-0.3, -0.25) is 14.5 Å². The summed E-state index contributed by atoms with van der Waals surface area (Å²) in [4.78, 5) is 24.5. The van der Waals surface area contributed by atoms with Gasteiger partial charge in [0.05, 0.1) is 13.2 Å². The number of carboxylic acid groups (broad SMARTS) is 1. The summed E-state index contributed by atoms with van der Waals surface area (Å²) >= 11 is 0. The Morgan fingerprint density at radius 3 is 3.05 bits per heavy atom. The van der Waals surface area contributed by atoms with Gasteiger partial charge in [-0.05, 0) is 6.92 Å². The van der Waals surface area contributed by atoms with Crippen LogP contribution in [-0.2, 0) is 14.3 Å². The number of nitrogens with one attached hydrogen (secondary N) is 1. The van der Waals surface area contributed by atoms with Crippen molar-refractivity contribution in [1.82, 2.24) is 10.1 Å². The maximum atomic E-state index is 11.7. The number of amides is 1. The SMILES string of the molecule is Cc1cc(NC(=O)CCN2CCOCC2C(=O)O)no1. The zero-order chi connectivity index (χ0) is 14.5. The summed E-state index contributed by atoms with van der Waals surface area (Å²) in [5.74, 6) is -0.185. The highest BCUT2D eigenvalue weighted by molar-refractivity contribution is 5.89. The van der Waals surface area contributed by atoms with Crippen LogP contribution < -0.4 is 5.32 Å². The van der Waals surface area contributed by atoms with Crippen LogP contribution in [0.2, 0.25) is 0 Å². The summed E-state index contributed by atoms with van der Waals surface area (Å²) in [6, 6.07) is 0.929. The minimum absolute atomic E-state index is 0.152. The Bertz CT molecular complexity index is 487. The fourth-order valence-corrected chi connectivity index (χ4v) is 2.01. The number of carbonyl (C=O) groups excluding carboxylic acids is 1. The van der Waals surface area contributed by atoms with Gasteiger partial charge in [0.25, 0.3) is 0 Å². The van der Waals surface area contributed by atoms with Crippen molar-refractivity contribution in [2.24, 2.45) is 0 Å². The van der Waals surface area contributed by atoms with E-state index in [-0.39, 0.29) is 18.9 Å². The third-order valence-electron chi connectivity index (χ3n) is 3.05. The minimum Gasteiger partial charge on any atom is -0.480 e. The molecule has 0 aromatic carbocycles. The monoisotopic (exact) mass is 283 g/mol. The standard InChI is InChI=1S/C12H17N3O5/c1-8-6-10(14-20-8)13-11(16)2-3-15-4-5-19-7-9(15)12(17)18/h6,9H,2-5,7H2,1H3,(H,17,18)(H,13,14,16). The molecule has 20 heavy (non-hydrogen) atoms. The average molecular weight is 283 g/mol. The molecule has 0 spiro atoms. The molecule has 8 heteroatoms. The molecule has 0 bridgehead atoms. The van der Waals surface area contributed by atoms with Gasteiger partial charge < -0.3 is 19.7 Å². The number of aromatic nitrogens is 1. The lowest BCUT2D eigenvalue weighted by Gasteiger charge is -2.32. The maximum absolute atomic E-state index is 11.7. The van der Waals surface area contributed by atoms with E-state index in [9.17, 15) is 9.59 Å². The van der Waals surface area contributed by atoms with E-state index >= 15 is 0 Å². The zero-order valence-corrected chi connectivity index (χ0v) is 11.2. The number of anilines is 1. The predicted octanol–water partition coefficient (Wildman–Crippen LogP) is 0.0970. The van der Waals surface area contributed by atoms with Gasteiger partial charge in [0, 0.05) is 25.6 Å². The highest BCUT2D eigenvalue weighted by Crippen LogP contribution is 2.10. The largest absolute Gasteiger partial charge is 0.480 e. The highest BCUT2D eigenvalue weighted by atomic mass is 16.5. The Hall–Kier alpha value is -1.93. The molecule has 0 aliphatic carbocycles. The molecule has 1 saturated heterocycles. The van der Waals surface area contributed by atoms with Crippen molar-refractivity contribution >= 4 is 17.7 Å². The Morgan fingerprint density at radius 1 is 1.60 bits per heavy atom. The molecule has 1 amide bonds. The van der Waals surface area contributed by atoms with Crippen molar-refractivity contribution in [3.63, 3.8) is 0 Å². The highest BCUT2D eigenvalue weighted by Gasteiger charge is 2.29. The van der Waals surface area contributed by atoms with E-state index < -0.39 is 12.0 Å². The van der Waals surface area contributed by atoms with E-state index in [2.05, 4.69) is 10.5 Å². The van der Waals surface area contributed by atoms with E-state index in [1.807, 2.05) is 0 Å². The normalized spacial score (nSPS) is 19.8. The first-order valence-corrected chi connectivity index (χ1v) is 6.34. The number of ether oxygens (including phenoxy) is 1. The van der Waals surface area contributed by atoms with Crippen LogP contribution in [0.5, 0.6) is 0 Å². The lowest BCUT2D eigenvalue weighted by Crippen LogP contribution is -2.50. The van der Waals surface area contributed by atoms with E-state index in [1.54, 1.807) is 17.9 Å². The van der Waals surface area contributed by atoms with Gasteiger partial charge in [-0.1, -0.05) is 5.16 Å². The predicted molar refractivity (Wildman–Crippen MR) is 68.3 cm³/mol. The zero-order valence-electron chi connectivity index (χ0n) is 11.2. The molecule has 2 heterocycles. The topological polar surface area (TPSA) is 105 Å². The van der Waals surface area contributed by atoms with Crippen LogP contribution in [0.4, 0.5) is 5.82 Å². The number of carboxylic acids is 1.